The largest absolute Gasteiger partial charge is 0.508 e. The van der Waals surface area contributed by atoms with Gasteiger partial charge in [0, 0.05) is 17.7 Å². The van der Waals surface area contributed by atoms with Gasteiger partial charge in [-0.1, -0.05) is 31.5 Å². The van der Waals surface area contributed by atoms with E-state index >= 15 is 0 Å². The zero-order valence-electron chi connectivity index (χ0n) is 18.0. The second kappa shape index (κ2) is 10.7. The number of hydrogen-bond donors (Lipinski definition) is 1. The van der Waals surface area contributed by atoms with Crippen molar-refractivity contribution < 1.29 is 14.3 Å². The van der Waals surface area contributed by atoms with Gasteiger partial charge in [-0.2, -0.15) is 0 Å². The predicted molar refractivity (Wildman–Crippen MR) is 126 cm³/mol. The van der Waals surface area contributed by atoms with Crippen molar-refractivity contribution in [1.29, 1.82) is 0 Å². The van der Waals surface area contributed by atoms with Gasteiger partial charge in [-0.3, -0.25) is 4.90 Å². The molecule has 1 fully saturated rings. The minimum absolute atomic E-state index is 0.141. The smallest absolute Gasteiger partial charge is 0.212 e. The molecule has 1 N–H and O–H groups in total. The van der Waals surface area contributed by atoms with Crippen LogP contribution in [0.3, 0.4) is 0 Å². The first-order valence-electron chi connectivity index (χ1n) is 11.1. The van der Waals surface area contributed by atoms with Gasteiger partial charge in [-0.05, 0) is 62.0 Å². The monoisotopic (exact) mass is 438 g/mol. The molecule has 6 heteroatoms. The Hall–Kier alpha value is -2.44. The molecule has 5 nitrogen and oxygen atoms in total. The highest BCUT2D eigenvalue weighted by Crippen LogP contribution is 2.40. The van der Waals surface area contributed by atoms with Crippen molar-refractivity contribution >= 4 is 11.8 Å². The van der Waals surface area contributed by atoms with Crippen LogP contribution in [0.15, 0.2) is 59.1 Å². The number of nitrogens with zero attached hydrogens (tertiary/aromatic N) is 2. The number of benzene rings is 2. The Morgan fingerprint density at radius 3 is 2.61 bits per heavy atom. The summed E-state index contributed by atoms with van der Waals surface area (Å²) < 4.78 is 12.0. The lowest BCUT2D eigenvalue weighted by atomic mass is 10.1. The Morgan fingerprint density at radius 1 is 1.10 bits per heavy atom. The third kappa shape index (κ3) is 5.63. The van der Waals surface area contributed by atoms with Crippen molar-refractivity contribution in [3.8, 4) is 22.8 Å². The standard InChI is InChI=1S/C25H30N2O3S/c1-2-31-24(21-8-4-5-9-22(21)28)25-26-18-23(30-25)19-10-12-20(13-11-19)29-17-16-27-14-6-3-7-15-27/h4-5,8-13,18,24,28H,2-3,6-7,14-17H2,1H3. The van der Waals surface area contributed by atoms with Gasteiger partial charge < -0.3 is 14.3 Å². The molecule has 0 saturated carbocycles. The molecule has 31 heavy (non-hydrogen) atoms. The molecule has 1 aliphatic heterocycles. The number of para-hydroxylation sites is 1. The molecule has 1 aromatic heterocycles. The topological polar surface area (TPSA) is 58.7 Å². The van der Waals surface area contributed by atoms with Crippen LogP contribution in [-0.2, 0) is 0 Å². The summed E-state index contributed by atoms with van der Waals surface area (Å²) in [6.07, 6.45) is 5.71. The van der Waals surface area contributed by atoms with Gasteiger partial charge >= 0.3 is 0 Å². The molecule has 0 radical (unpaired) electrons. The van der Waals surface area contributed by atoms with Crippen molar-refractivity contribution in [3.63, 3.8) is 0 Å². The zero-order valence-corrected chi connectivity index (χ0v) is 18.8. The van der Waals surface area contributed by atoms with Crippen LogP contribution < -0.4 is 4.74 Å². The number of hydrogen-bond acceptors (Lipinski definition) is 6. The fraction of sp³-hybridized carbons (Fsp3) is 0.400. The summed E-state index contributed by atoms with van der Waals surface area (Å²) in [7, 11) is 0. The van der Waals surface area contributed by atoms with E-state index in [1.807, 2.05) is 42.5 Å². The maximum atomic E-state index is 10.3. The third-order valence-corrected chi connectivity index (χ3v) is 6.69. The number of phenols is 1. The zero-order chi connectivity index (χ0) is 21.5. The summed E-state index contributed by atoms with van der Waals surface area (Å²) in [6.45, 7) is 6.16. The summed E-state index contributed by atoms with van der Waals surface area (Å²) in [5.41, 5.74) is 1.78. The predicted octanol–water partition coefficient (Wildman–Crippen LogP) is 5.75. The van der Waals surface area contributed by atoms with Gasteiger partial charge in [0.2, 0.25) is 5.89 Å². The van der Waals surface area contributed by atoms with Gasteiger partial charge in [0.1, 0.15) is 23.4 Å². The number of aromatic hydroxyl groups is 1. The molecule has 1 aliphatic rings. The Morgan fingerprint density at radius 2 is 1.87 bits per heavy atom. The van der Waals surface area contributed by atoms with Gasteiger partial charge in [0.25, 0.3) is 0 Å². The summed E-state index contributed by atoms with van der Waals surface area (Å²) in [5.74, 6) is 3.34. The van der Waals surface area contributed by atoms with Gasteiger partial charge in [-0.15, -0.1) is 11.8 Å². The maximum absolute atomic E-state index is 10.3. The van der Waals surface area contributed by atoms with Crippen LogP contribution in [0.1, 0.15) is 42.9 Å². The van der Waals surface area contributed by atoms with E-state index in [-0.39, 0.29) is 11.0 Å². The number of thioether (sulfide) groups is 1. The maximum Gasteiger partial charge on any atom is 0.212 e. The second-order valence-corrected chi connectivity index (χ2v) is 9.11. The van der Waals surface area contributed by atoms with Crippen LogP contribution in [0, 0.1) is 0 Å². The number of likely N-dealkylation sites (tertiary alicyclic amines) is 1. The van der Waals surface area contributed by atoms with Gasteiger partial charge in [0.15, 0.2) is 5.76 Å². The molecule has 1 saturated heterocycles. The second-order valence-electron chi connectivity index (χ2n) is 7.73. The summed E-state index contributed by atoms with van der Waals surface area (Å²) >= 11 is 1.69. The van der Waals surface area contributed by atoms with E-state index in [2.05, 4.69) is 16.8 Å². The first-order valence-corrected chi connectivity index (χ1v) is 12.1. The number of rotatable bonds is 9. The lowest BCUT2D eigenvalue weighted by Gasteiger charge is -2.26. The van der Waals surface area contributed by atoms with Crippen molar-refractivity contribution in [1.82, 2.24) is 9.88 Å². The normalized spacial score (nSPS) is 15.6. The van der Waals surface area contributed by atoms with E-state index < -0.39 is 0 Å². The molecule has 2 heterocycles. The highest BCUT2D eigenvalue weighted by Gasteiger charge is 2.23. The summed E-state index contributed by atoms with van der Waals surface area (Å²) in [6, 6.07) is 15.3. The van der Waals surface area contributed by atoms with Crippen molar-refractivity contribution in [2.75, 3.05) is 32.0 Å². The molecule has 0 aliphatic carbocycles. The van der Waals surface area contributed by atoms with Crippen LogP contribution in [0.25, 0.3) is 11.3 Å². The van der Waals surface area contributed by atoms with E-state index in [0.717, 1.165) is 29.2 Å². The molecular weight excluding hydrogens is 408 g/mol. The SMILES string of the molecule is CCSC(c1ncc(-c2ccc(OCCN3CCCCC3)cc2)o1)c1ccccc1O. The number of ether oxygens (including phenoxy) is 1. The van der Waals surface area contributed by atoms with E-state index in [4.69, 9.17) is 9.15 Å². The minimum atomic E-state index is -0.141. The molecule has 1 unspecified atom stereocenters. The van der Waals surface area contributed by atoms with Crippen LogP contribution in [0.5, 0.6) is 11.5 Å². The molecule has 4 rings (SSSR count). The Kier molecular flexibility index (Phi) is 7.54. The van der Waals surface area contributed by atoms with E-state index in [1.165, 1.54) is 32.4 Å². The average Bonchev–Trinajstić information content (AvgIpc) is 3.29. The lowest BCUT2D eigenvalue weighted by molar-refractivity contribution is 0.183. The van der Waals surface area contributed by atoms with Crippen LogP contribution >= 0.6 is 11.8 Å². The summed E-state index contributed by atoms with van der Waals surface area (Å²) in [4.78, 5) is 6.99. The fourth-order valence-corrected chi connectivity index (χ4v) is 4.87. The Labute approximate surface area is 188 Å². The lowest BCUT2D eigenvalue weighted by Crippen LogP contribution is -2.33. The molecule has 0 bridgehead atoms. The van der Waals surface area contributed by atoms with Crippen molar-refractivity contribution in [2.45, 2.75) is 31.4 Å². The van der Waals surface area contributed by atoms with Gasteiger partial charge in [-0.25, -0.2) is 4.98 Å². The fourth-order valence-electron chi connectivity index (χ4n) is 3.90. The van der Waals surface area contributed by atoms with E-state index in [1.54, 1.807) is 24.0 Å². The number of aromatic nitrogens is 1. The molecular formula is C25H30N2O3S. The molecule has 2 aromatic carbocycles. The molecule has 1 atom stereocenters. The van der Waals surface area contributed by atoms with Crippen LogP contribution in [0.4, 0.5) is 0 Å². The molecule has 164 valence electrons. The van der Waals surface area contributed by atoms with Crippen molar-refractivity contribution in [2.24, 2.45) is 0 Å². The van der Waals surface area contributed by atoms with Gasteiger partial charge in [0.05, 0.1) is 6.20 Å². The first kappa shape index (κ1) is 21.8. The third-order valence-electron chi connectivity index (χ3n) is 5.56. The average molecular weight is 439 g/mol. The molecule has 0 amide bonds. The number of oxazole rings is 1. The van der Waals surface area contributed by atoms with E-state index in [9.17, 15) is 5.11 Å². The number of phenolic OH excluding ortho intramolecular Hbond substituents is 1. The van der Waals surface area contributed by atoms with E-state index in [0.29, 0.717) is 18.3 Å². The minimum Gasteiger partial charge on any atom is -0.508 e. The number of piperidine rings is 1. The Balaban J connectivity index is 1.40. The Bertz CT molecular complexity index is 951. The molecule has 3 aromatic rings. The van der Waals surface area contributed by atoms with Crippen LogP contribution in [-0.4, -0.2) is 47.0 Å². The summed E-state index contributed by atoms with van der Waals surface area (Å²) in [5, 5.41) is 10.1. The molecule has 0 spiro atoms. The highest BCUT2D eigenvalue weighted by atomic mass is 32.2. The van der Waals surface area contributed by atoms with Crippen LogP contribution in [0.2, 0.25) is 0 Å². The van der Waals surface area contributed by atoms with Crippen molar-refractivity contribution in [3.05, 3.63) is 66.2 Å². The quantitative estimate of drug-likeness (QED) is 0.459. The first-order chi connectivity index (χ1) is 15.2. The highest BCUT2D eigenvalue weighted by molar-refractivity contribution is 7.99.